The van der Waals surface area contributed by atoms with E-state index in [0.717, 1.165) is 45.1 Å². The summed E-state index contributed by atoms with van der Waals surface area (Å²) >= 11 is 0. The number of amides is 2. The van der Waals surface area contributed by atoms with Gasteiger partial charge in [0.05, 0.1) is 6.10 Å². The Morgan fingerprint density at radius 1 is 1.33 bits per heavy atom. The standard InChI is InChI=1S/C16H28N2O3/c1-4-7-13-14(19)17-16(2,3)15(20)18(13)10-5-8-12-9-6-11-21-12/h12-13H,4-11H2,1-3H3,(H,17,19). The Morgan fingerprint density at radius 3 is 2.71 bits per heavy atom. The highest BCUT2D eigenvalue weighted by atomic mass is 16.5. The van der Waals surface area contributed by atoms with E-state index >= 15 is 0 Å². The molecule has 2 rings (SSSR count). The molecule has 1 N–H and O–H groups in total. The molecule has 0 aromatic heterocycles. The van der Waals surface area contributed by atoms with E-state index in [4.69, 9.17) is 4.74 Å². The summed E-state index contributed by atoms with van der Waals surface area (Å²) in [4.78, 5) is 26.6. The number of rotatable bonds is 6. The first-order valence-electron chi connectivity index (χ1n) is 8.20. The van der Waals surface area contributed by atoms with Crippen molar-refractivity contribution >= 4 is 11.8 Å². The van der Waals surface area contributed by atoms with Gasteiger partial charge < -0.3 is 15.0 Å². The van der Waals surface area contributed by atoms with Crippen molar-refractivity contribution in [2.45, 2.75) is 77.0 Å². The van der Waals surface area contributed by atoms with Crippen molar-refractivity contribution in [3.05, 3.63) is 0 Å². The summed E-state index contributed by atoms with van der Waals surface area (Å²) in [6.45, 7) is 7.12. The molecule has 2 unspecified atom stereocenters. The molecule has 5 nitrogen and oxygen atoms in total. The van der Waals surface area contributed by atoms with Crippen molar-refractivity contribution in [3.63, 3.8) is 0 Å². The third kappa shape index (κ3) is 3.76. The van der Waals surface area contributed by atoms with Gasteiger partial charge in [-0.1, -0.05) is 13.3 Å². The summed E-state index contributed by atoms with van der Waals surface area (Å²) in [5, 5.41) is 2.85. The van der Waals surface area contributed by atoms with Crippen LogP contribution in [0.25, 0.3) is 0 Å². The van der Waals surface area contributed by atoms with Gasteiger partial charge in [0.15, 0.2) is 0 Å². The summed E-state index contributed by atoms with van der Waals surface area (Å²) in [7, 11) is 0. The van der Waals surface area contributed by atoms with Crippen LogP contribution in [0.2, 0.25) is 0 Å². The van der Waals surface area contributed by atoms with Crippen LogP contribution in [0, 0.1) is 0 Å². The van der Waals surface area contributed by atoms with Crippen LogP contribution < -0.4 is 5.32 Å². The molecule has 0 aliphatic carbocycles. The predicted molar refractivity (Wildman–Crippen MR) is 80.8 cm³/mol. The lowest BCUT2D eigenvalue weighted by atomic mass is 9.94. The molecule has 2 fully saturated rings. The van der Waals surface area contributed by atoms with Crippen molar-refractivity contribution in [2.24, 2.45) is 0 Å². The second-order valence-corrected chi connectivity index (χ2v) is 6.69. The number of ether oxygens (including phenoxy) is 1. The second-order valence-electron chi connectivity index (χ2n) is 6.69. The second kappa shape index (κ2) is 6.77. The fraction of sp³-hybridized carbons (Fsp3) is 0.875. The maximum absolute atomic E-state index is 12.6. The molecule has 2 amide bonds. The molecule has 120 valence electrons. The van der Waals surface area contributed by atoms with Gasteiger partial charge in [0.1, 0.15) is 11.6 Å². The molecule has 0 saturated carbocycles. The Morgan fingerprint density at radius 2 is 2.10 bits per heavy atom. The van der Waals surface area contributed by atoms with Crippen LogP contribution in [-0.4, -0.2) is 47.6 Å². The monoisotopic (exact) mass is 296 g/mol. The summed E-state index contributed by atoms with van der Waals surface area (Å²) in [6, 6.07) is -0.306. The number of carbonyl (C=O) groups excluding carboxylic acids is 2. The topological polar surface area (TPSA) is 58.6 Å². The zero-order chi connectivity index (χ0) is 15.5. The normalized spacial score (nSPS) is 28.8. The molecule has 2 heterocycles. The average Bonchev–Trinajstić information content (AvgIpc) is 2.92. The van der Waals surface area contributed by atoms with Crippen molar-refractivity contribution in [2.75, 3.05) is 13.2 Å². The quantitative estimate of drug-likeness (QED) is 0.814. The van der Waals surface area contributed by atoms with Crippen LogP contribution in [0.15, 0.2) is 0 Å². The van der Waals surface area contributed by atoms with E-state index in [-0.39, 0.29) is 17.9 Å². The Hall–Kier alpha value is -1.10. The minimum Gasteiger partial charge on any atom is -0.378 e. The molecule has 21 heavy (non-hydrogen) atoms. The van der Waals surface area contributed by atoms with E-state index in [9.17, 15) is 9.59 Å². The van der Waals surface area contributed by atoms with E-state index < -0.39 is 5.54 Å². The van der Waals surface area contributed by atoms with Crippen molar-refractivity contribution in [3.8, 4) is 0 Å². The molecule has 2 aliphatic heterocycles. The molecule has 0 bridgehead atoms. The van der Waals surface area contributed by atoms with Crippen molar-refractivity contribution in [1.29, 1.82) is 0 Å². The van der Waals surface area contributed by atoms with Gasteiger partial charge in [-0.15, -0.1) is 0 Å². The van der Waals surface area contributed by atoms with E-state index in [1.807, 2.05) is 6.92 Å². The van der Waals surface area contributed by atoms with Gasteiger partial charge in [0, 0.05) is 13.2 Å². The molecule has 2 atom stereocenters. The van der Waals surface area contributed by atoms with Gasteiger partial charge in [0.2, 0.25) is 11.8 Å². The van der Waals surface area contributed by atoms with Gasteiger partial charge in [-0.3, -0.25) is 9.59 Å². The third-order valence-electron chi connectivity index (χ3n) is 4.42. The lowest BCUT2D eigenvalue weighted by Crippen LogP contribution is -2.68. The van der Waals surface area contributed by atoms with Crippen LogP contribution in [0.1, 0.15) is 59.3 Å². The number of nitrogens with one attached hydrogen (secondary N) is 1. The largest absolute Gasteiger partial charge is 0.378 e. The highest BCUT2D eigenvalue weighted by Crippen LogP contribution is 2.23. The number of hydrogen-bond acceptors (Lipinski definition) is 3. The molecule has 5 heteroatoms. The van der Waals surface area contributed by atoms with Gasteiger partial charge in [-0.2, -0.15) is 0 Å². The number of piperazine rings is 1. The molecule has 2 saturated heterocycles. The molecule has 0 radical (unpaired) electrons. The SMILES string of the molecule is CCCC1C(=O)NC(C)(C)C(=O)N1CCCC1CCCO1. The molecule has 0 aromatic rings. The average molecular weight is 296 g/mol. The smallest absolute Gasteiger partial charge is 0.248 e. The Bertz CT molecular complexity index is 389. The highest BCUT2D eigenvalue weighted by Gasteiger charge is 2.44. The van der Waals surface area contributed by atoms with Gasteiger partial charge in [-0.25, -0.2) is 0 Å². The van der Waals surface area contributed by atoms with E-state index in [1.54, 1.807) is 18.7 Å². The van der Waals surface area contributed by atoms with Gasteiger partial charge in [0.25, 0.3) is 0 Å². The number of nitrogens with zero attached hydrogens (tertiary/aromatic N) is 1. The predicted octanol–water partition coefficient (Wildman–Crippen LogP) is 1.85. The first-order valence-corrected chi connectivity index (χ1v) is 8.20. The van der Waals surface area contributed by atoms with Crippen molar-refractivity contribution in [1.82, 2.24) is 10.2 Å². The summed E-state index contributed by atoms with van der Waals surface area (Å²) in [6.07, 6.45) is 6.11. The number of carbonyl (C=O) groups is 2. The number of hydrogen-bond donors (Lipinski definition) is 1. The maximum Gasteiger partial charge on any atom is 0.248 e. The molecular formula is C16H28N2O3. The van der Waals surface area contributed by atoms with Crippen LogP contribution >= 0.6 is 0 Å². The lowest BCUT2D eigenvalue weighted by Gasteiger charge is -2.43. The lowest BCUT2D eigenvalue weighted by molar-refractivity contribution is -0.153. The van der Waals surface area contributed by atoms with Gasteiger partial charge in [-0.05, 0) is 46.0 Å². The third-order valence-corrected chi connectivity index (χ3v) is 4.42. The van der Waals surface area contributed by atoms with E-state index in [2.05, 4.69) is 5.32 Å². The Labute approximate surface area is 127 Å². The minimum absolute atomic E-state index is 0.0152. The van der Waals surface area contributed by atoms with Gasteiger partial charge >= 0.3 is 0 Å². The van der Waals surface area contributed by atoms with E-state index in [1.165, 1.54) is 0 Å². The van der Waals surface area contributed by atoms with Crippen LogP contribution in [0.3, 0.4) is 0 Å². The fourth-order valence-electron chi connectivity index (χ4n) is 3.27. The first-order chi connectivity index (χ1) is 9.95. The van der Waals surface area contributed by atoms with Crippen LogP contribution in [0.5, 0.6) is 0 Å². The Balaban J connectivity index is 1.96. The molecule has 2 aliphatic rings. The zero-order valence-electron chi connectivity index (χ0n) is 13.5. The van der Waals surface area contributed by atoms with E-state index in [0.29, 0.717) is 12.6 Å². The van der Waals surface area contributed by atoms with Crippen LogP contribution in [0.4, 0.5) is 0 Å². The van der Waals surface area contributed by atoms with Crippen molar-refractivity contribution < 1.29 is 14.3 Å². The Kier molecular flexibility index (Phi) is 5.25. The minimum atomic E-state index is -0.787. The first kappa shape index (κ1) is 16.3. The molecule has 0 spiro atoms. The zero-order valence-corrected chi connectivity index (χ0v) is 13.5. The highest BCUT2D eigenvalue weighted by molar-refractivity contribution is 5.99. The molecular weight excluding hydrogens is 268 g/mol. The maximum atomic E-state index is 12.6. The summed E-state index contributed by atoms with van der Waals surface area (Å²) < 4.78 is 5.62. The molecule has 0 aromatic carbocycles. The fourth-order valence-corrected chi connectivity index (χ4v) is 3.27. The van der Waals surface area contributed by atoms with Crippen LogP contribution in [-0.2, 0) is 14.3 Å². The summed E-state index contributed by atoms with van der Waals surface area (Å²) in [5.74, 6) is 0.0199. The summed E-state index contributed by atoms with van der Waals surface area (Å²) in [5.41, 5.74) is -0.787.